The van der Waals surface area contributed by atoms with Crippen molar-refractivity contribution in [2.24, 2.45) is 0 Å². The molecule has 2 heterocycles. The largest absolute Gasteiger partial charge is 0.291 e. The molecule has 1 saturated carbocycles. The highest BCUT2D eigenvalue weighted by Crippen LogP contribution is 2.31. The first-order valence-electron chi connectivity index (χ1n) is 5.79. The van der Waals surface area contributed by atoms with E-state index in [-0.39, 0.29) is 0 Å². The van der Waals surface area contributed by atoms with Gasteiger partial charge < -0.3 is 0 Å². The standard InChI is InChI=1S/C13H14BrNS2/c14-11-5-13(17-9-11)7-15(12-1-2-12)6-10-3-4-16-8-10/h3-5,8-9,12H,1-2,6-7H2. The van der Waals surface area contributed by atoms with E-state index in [0.717, 1.165) is 19.1 Å². The fourth-order valence-corrected chi connectivity index (χ4v) is 4.14. The molecule has 3 rings (SSSR count). The Labute approximate surface area is 118 Å². The second-order valence-electron chi connectivity index (χ2n) is 4.50. The lowest BCUT2D eigenvalue weighted by atomic mass is 10.3. The van der Waals surface area contributed by atoms with Crippen LogP contribution in [0.2, 0.25) is 0 Å². The Morgan fingerprint density at radius 3 is 2.76 bits per heavy atom. The minimum Gasteiger partial charge on any atom is -0.291 e. The first-order valence-corrected chi connectivity index (χ1v) is 8.41. The summed E-state index contributed by atoms with van der Waals surface area (Å²) in [5.41, 5.74) is 1.46. The third kappa shape index (κ3) is 3.19. The molecule has 4 heteroatoms. The van der Waals surface area contributed by atoms with E-state index in [2.05, 4.69) is 49.1 Å². The van der Waals surface area contributed by atoms with Crippen LogP contribution in [0.4, 0.5) is 0 Å². The number of thiophene rings is 2. The predicted octanol–water partition coefficient (Wildman–Crippen LogP) is 4.74. The molecule has 1 fully saturated rings. The highest BCUT2D eigenvalue weighted by Gasteiger charge is 2.29. The Kier molecular flexibility index (Phi) is 3.66. The summed E-state index contributed by atoms with van der Waals surface area (Å²) in [5.74, 6) is 0. The van der Waals surface area contributed by atoms with E-state index in [1.165, 1.54) is 27.8 Å². The van der Waals surface area contributed by atoms with Gasteiger partial charge in [0.05, 0.1) is 0 Å². The van der Waals surface area contributed by atoms with Crippen LogP contribution in [-0.2, 0) is 13.1 Å². The highest BCUT2D eigenvalue weighted by atomic mass is 79.9. The predicted molar refractivity (Wildman–Crippen MR) is 78.6 cm³/mol. The molecule has 0 aromatic carbocycles. The molecule has 0 atom stereocenters. The van der Waals surface area contributed by atoms with Crippen LogP contribution < -0.4 is 0 Å². The lowest BCUT2D eigenvalue weighted by Crippen LogP contribution is -2.24. The SMILES string of the molecule is Brc1csc(CN(Cc2ccsc2)C2CC2)c1. The molecular weight excluding hydrogens is 314 g/mol. The molecule has 0 saturated heterocycles. The highest BCUT2D eigenvalue weighted by molar-refractivity contribution is 9.10. The number of halogens is 1. The van der Waals surface area contributed by atoms with Crippen LogP contribution >= 0.6 is 38.6 Å². The number of hydrogen-bond donors (Lipinski definition) is 0. The Morgan fingerprint density at radius 2 is 2.18 bits per heavy atom. The average Bonchev–Trinajstić information content (AvgIpc) is 2.89. The van der Waals surface area contributed by atoms with Crippen LogP contribution in [0, 0.1) is 0 Å². The molecule has 0 radical (unpaired) electrons. The molecule has 1 aliphatic carbocycles. The average molecular weight is 328 g/mol. The maximum absolute atomic E-state index is 3.53. The third-order valence-electron chi connectivity index (χ3n) is 3.01. The van der Waals surface area contributed by atoms with Crippen molar-refractivity contribution < 1.29 is 0 Å². The summed E-state index contributed by atoms with van der Waals surface area (Å²) >= 11 is 7.17. The van der Waals surface area contributed by atoms with Crippen molar-refractivity contribution in [3.63, 3.8) is 0 Å². The summed E-state index contributed by atoms with van der Waals surface area (Å²) in [6, 6.07) is 5.30. The topological polar surface area (TPSA) is 3.24 Å². The van der Waals surface area contributed by atoms with Crippen LogP contribution in [-0.4, -0.2) is 10.9 Å². The van der Waals surface area contributed by atoms with Crippen molar-refractivity contribution in [1.82, 2.24) is 4.90 Å². The molecule has 1 nitrogen and oxygen atoms in total. The minimum absolute atomic E-state index is 0.816. The van der Waals surface area contributed by atoms with Gasteiger partial charge in [0, 0.05) is 33.9 Å². The van der Waals surface area contributed by atoms with Gasteiger partial charge in [0.2, 0.25) is 0 Å². The molecule has 17 heavy (non-hydrogen) atoms. The van der Waals surface area contributed by atoms with E-state index >= 15 is 0 Å². The maximum atomic E-state index is 3.53. The molecular formula is C13H14BrNS2. The van der Waals surface area contributed by atoms with Crippen LogP contribution in [0.5, 0.6) is 0 Å². The molecule has 90 valence electrons. The minimum atomic E-state index is 0.816. The molecule has 1 aliphatic rings. The first-order chi connectivity index (χ1) is 8.31. The molecule has 0 unspecified atom stereocenters. The zero-order chi connectivity index (χ0) is 11.7. The van der Waals surface area contributed by atoms with E-state index in [1.54, 1.807) is 11.3 Å². The molecule has 0 spiro atoms. The van der Waals surface area contributed by atoms with E-state index in [9.17, 15) is 0 Å². The summed E-state index contributed by atoms with van der Waals surface area (Å²) in [6.07, 6.45) is 2.74. The van der Waals surface area contributed by atoms with Crippen LogP contribution in [0.15, 0.2) is 32.7 Å². The van der Waals surface area contributed by atoms with Crippen molar-refractivity contribution in [3.8, 4) is 0 Å². The lowest BCUT2D eigenvalue weighted by Gasteiger charge is -2.20. The normalized spacial score (nSPS) is 15.6. The summed E-state index contributed by atoms with van der Waals surface area (Å²) in [7, 11) is 0. The van der Waals surface area contributed by atoms with Crippen LogP contribution in [0.25, 0.3) is 0 Å². The van der Waals surface area contributed by atoms with Gasteiger partial charge in [0.1, 0.15) is 0 Å². The Balaban J connectivity index is 1.68. The summed E-state index contributed by atoms with van der Waals surface area (Å²) in [5, 5.41) is 6.60. The maximum Gasteiger partial charge on any atom is 0.0334 e. The van der Waals surface area contributed by atoms with Gasteiger partial charge in [-0.15, -0.1) is 11.3 Å². The zero-order valence-corrected chi connectivity index (χ0v) is 12.7. The van der Waals surface area contributed by atoms with E-state index in [0.29, 0.717) is 0 Å². The van der Waals surface area contributed by atoms with Crippen molar-refractivity contribution >= 4 is 38.6 Å². The Bertz CT molecular complexity index is 473. The second-order valence-corrected chi connectivity index (χ2v) is 7.19. The van der Waals surface area contributed by atoms with E-state index in [4.69, 9.17) is 0 Å². The van der Waals surface area contributed by atoms with E-state index < -0.39 is 0 Å². The van der Waals surface area contributed by atoms with Gasteiger partial charge in [-0.05, 0) is 57.2 Å². The monoisotopic (exact) mass is 327 g/mol. The van der Waals surface area contributed by atoms with Gasteiger partial charge in [-0.25, -0.2) is 0 Å². The van der Waals surface area contributed by atoms with Gasteiger partial charge in [-0.3, -0.25) is 4.90 Å². The number of hydrogen-bond acceptors (Lipinski definition) is 3. The summed E-state index contributed by atoms with van der Waals surface area (Å²) in [6.45, 7) is 2.19. The lowest BCUT2D eigenvalue weighted by molar-refractivity contribution is 0.248. The number of nitrogens with zero attached hydrogens (tertiary/aromatic N) is 1. The molecule has 0 bridgehead atoms. The second kappa shape index (κ2) is 5.22. The summed E-state index contributed by atoms with van der Waals surface area (Å²) in [4.78, 5) is 4.07. The van der Waals surface area contributed by atoms with Crippen LogP contribution in [0.3, 0.4) is 0 Å². The van der Waals surface area contributed by atoms with Crippen molar-refractivity contribution in [1.29, 1.82) is 0 Å². The van der Waals surface area contributed by atoms with Crippen molar-refractivity contribution in [2.75, 3.05) is 0 Å². The molecule has 0 aliphatic heterocycles. The zero-order valence-electron chi connectivity index (χ0n) is 9.43. The fraction of sp³-hybridized carbons (Fsp3) is 0.385. The van der Waals surface area contributed by atoms with E-state index in [1.807, 2.05) is 11.3 Å². The first kappa shape index (κ1) is 11.9. The number of rotatable bonds is 5. The Hall–Kier alpha value is -0.160. The van der Waals surface area contributed by atoms with Gasteiger partial charge in [0.25, 0.3) is 0 Å². The van der Waals surface area contributed by atoms with Crippen molar-refractivity contribution in [3.05, 3.63) is 43.2 Å². The van der Waals surface area contributed by atoms with Gasteiger partial charge in [-0.2, -0.15) is 11.3 Å². The van der Waals surface area contributed by atoms with Gasteiger partial charge >= 0.3 is 0 Å². The van der Waals surface area contributed by atoms with Gasteiger partial charge in [-0.1, -0.05) is 0 Å². The quantitative estimate of drug-likeness (QED) is 0.766. The van der Waals surface area contributed by atoms with Gasteiger partial charge in [0.15, 0.2) is 0 Å². The Morgan fingerprint density at radius 1 is 1.29 bits per heavy atom. The van der Waals surface area contributed by atoms with Crippen LogP contribution in [0.1, 0.15) is 23.3 Å². The fourth-order valence-electron chi connectivity index (χ4n) is 2.01. The molecule has 0 N–H and O–H groups in total. The molecule has 0 amide bonds. The molecule has 2 aromatic rings. The summed E-state index contributed by atoms with van der Waals surface area (Å²) < 4.78 is 1.21. The smallest absolute Gasteiger partial charge is 0.0334 e. The third-order valence-corrected chi connectivity index (χ3v) is 5.42. The molecule has 2 aromatic heterocycles. The van der Waals surface area contributed by atoms with Crippen molar-refractivity contribution in [2.45, 2.75) is 32.0 Å².